The van der Waals surface area contributed by atoms with Crippen LogP contribution < -0.4 is 4.90 Å². The minimum atomic E-state index is -0.268. The topological polar surface area (TPSA) is 52.5 Å². The molecular weight excluding hydrogens is 427 g/mol. The average Bonchev–Trinajstić information content (AvgIpc) is 2.84. The molecule has 3 heterocycles. The number of piperazine rings is 1. The van der Waals surface area contributed by atoms with Crippen LogP contribution in [0.2, 0.25) is 5.02 Å². The lowest BCUT2D eigenvalue weighted by Crippen LogP contribution is -2.48. The summed E-state index contributed by atoms with van der Waals surface area (Å²) in [7, 11) is 0. The first-order valence-corrected chi connectivity index (χ1v) is 10.9. The zero-order valence-corrected chi connectivity index (χ0v) is 18.1. The SMILES string of the molecule is Oc1c(C(c2ccccn2)N2CCN(c3ccc(F)cc3)CC2)cc(Cl)c2cccnc12. The summed E-state index contributed by atoms with van der Waals surface area (Å²) in [6.07, 6.45) is 3.41. The van der Waals surface area contributed by atoms with Crippen LogP contribution in [0.1, 0.15) is 17.3 Å². The highest BCUT2D eigenvalue weighted by molar-refractivity contribution is 6.35. The van der Waals surface area contributed by atoms with Gasteiger partial charge in [0.2, 0.25) is 0 Å². The third-order valence-corrected chi connectivity index (χ3v) is 6.29. The maximum absolute atomic E-state index is 13.3. The summed E-state index contributed by atoms with van der Waals surface area (Å²) >= 11 is 6.59. The molecule has 0 spiro atoms. The summed E-state index contributed by atoms with van der Waals surface area (Å²) in [5, 5.41) is 12.4. The van der Waals surface area contributed by atoms with Crippen LogP contribution in [0, 0.1) is 5.82 Å². The van der Waals surface area contributed by atoms with Crippen molar-refractivity contribution in [3.63, 3.8) is 0 Å². The fourth-order valence-corrected chi connectivity index (χ4v) is 4.66. The molecule has 0 amide bonds. The van der Waals surface area contributed by atoms with Gasteiger partial charge in [-0.2, -0.15) is 0 Å². The summed E-state index contributed by atoms with van der Waals surface area (Å²) in [4.78, 5) is 13.5. The van der Waals surface area contributed by atoms with Crippen LogP contribution in [0.15, 0.2) is 73.1 Å². The second-order valence-corrected chi connectivity index (χ2v) is 8.26. The second kappa shape index (κ2) is 8.73. The molecule has 32 heavy (non-hydrogen) atoms. The second-order valence-electron chi connectivity index (χ2n) is 7.85. The number of benzene rings is 2. The van der Waals surface area contributed by atoms with Crippen LogP contribution >= 0.6 is 11.6 Å². The van der Waals surface area contributed by atoms with Crippen LogP contribution in [0.4, 0.5) is 10.1 Å². The molecule has 1 aliphatic rings. The molecule has 2 aromatic heterocycles. The lowest BCUT2D eigenvalue weighted by Gasteiger charge is -2.40. The fraction of sp³-hybridized carbons (Fsp3) is 0.200. The van der Waals surface area contributed by atoms with Gasteiger partial charge in [-0.3, -0.25) is 14.9 Å². The molecule has 1 N–H and O–H groups in total. The molecule has 162 valence electrons. The zero-order valence-electron chi connectivity index (χ0n) is 17.3. The van der Waals surface area contributed by atoms with Crippen LogP contribution in [0.3, 0.4) is 0 Å². The fourth-order valence-electron chi connectivity index (χ4n) is 4.39. The first-order valence-electron chi connectivity index (χ1n) is 10.5. The first-order chi connectivity index (χ1) is 15.6. The number of pyridine rings is 2. The normalized spacial score (nSPS) is 15.8. The van der Waals surface area contributed by atoms with Crippen LogP contribution in [0.25, 0.3) is 10.9 Å². The van der Waals surface area contributed by atoms with Crippen molar-refractivity contribution in [3.05, 3.63) is 95.2 Å². The average molecular weight is 449 g/mol. The number of halogens is 2. The van der Waals surface area contributed by atoms with E-state index in [0.717, 1.165) is 42.9 Å². The Morgan fingerprint density at radius 2 is 1.66 bits per heavy atom. The molecular formula is C25H22ClFN4O. The highest BCUT2D eigenvalue weighted by Gasteiger charge is 2.30. The molecule has 4 aromatic rings. The van der Waals surface area contributed by atoms with Gasteiger partial charge in [0.25, 0.3) is 0 Å². The van der Waals surface area contributed by atoms with Gasteiger partial charge in [0.15, 0.2) is 0 Å². The monoisotopic (exact) mass is 448 g/mol. The van der Waals surface area contributed by atoms with E-state index in [1.807, 2.05) is 42.5 Å². The first kappa shape index (κ1) is 20.7. The summed E-state index contributed by atoms with van der Waals surface area (Å²) < 4.78 is 13.3. The molecule has 7 heteroatoms. The lowest BCUT2D eigenvalue weighted by molar-refractivity contribution is 0.206. The number of nitrogens with zero attached hydrogens (tertiary/aromatic N) is 4. The van der Waals surface area contributed by atoms with Gasteiger partial charge in [0.05, 0.1) is 16.8 Å². The van der Waals surface area contributed by atoms with Gasteiger partial charge >= 0.3 is 0 Å². The molecule has 1 atom stereocenters. The number of aromatic hydroxyl groups is 1. The summed E-state index contributed by atoms with van der Waals surface area (Å²) in [6.45, 7) is 3.04. The molecule has 0 aliphatic carbocycles. The summed E-state index contributed by atoms with van der Waals surface area (Å²) in [5.74, 6) is -0.110. The number of phenols is 1. The van der Waals surface area contributed by atoms with E-state index in [2.05, 4.69) is 19.8 Å². The molecule has 1 fully saturated rings. The smallest absolute Gasteiger partial charge is 0.147 e. The van der Waals surface area contributed by atoms with E-state index in [0.29, 0.717) is 16.1 Å². The third-order valence-electron chi connectivity index (χ3n) is 5.98. The highest BCUT2D eigenvalue weighted by atomic mass is 35.5. The Morgan fingerprint density at radius 3 is 2.38 bits per heavy atom. The molecule has 0 saturated carbocycles. The Morgan fingerprint density at radius 1 is 0.906 bits per heavy atom. The minimum absolute atomic E-state index is 0.126. The number of fused-ring (bicyclic) bond motifs is 1. The molecule has 5 rings (SSSR count). The van der Waals surface area contributed by atoms with Gasteiger partial charge in [-0.25, -0.2) is 4.39 Å². The Hall–Kier alpha value is -3.22. The number of aromatic nitrogens is 2. The minimum Gasteiger partial charge on any atom is -0.505 e. The van der Waals surface area contributed by atoms with E-state index < -0.39 is 0 Å². The van der Waals surface area contributed by atoms with Gasteiger partial charge in [-0.05, 0) is 54.6 Å². The van der Waals surface area contributed by atoms with Crippen molar-refractivity contribution in [1.29, 1.82) is 0 Å². The molecule has 2 aromatic carbocycles. The summed E-state index contributed by atoms with van der Waals surface area (Å²) in [5.41, 5.74) is 3.02. The molecule has 0 radical (unpaired) electrons. The number of hydrogen-bond donors (Lipinski definition) is 1. The maximum Gasteiger partial charge on any atom is 0.147 e. The molecule has 5 nitrogen and oxygen atoms in total. The van der Waals surface area contributed by atoms with Gasteiger partial charge in [0, 0.05) is 55.2 Å². The Labute approximate surface area is 190 Å². The molecule has 1 aliphatic heterocycles. The van der Waals surface area contributed by atoms with E-state index >= 15 is 0 Å². The van der Waals surface area contributed by atoms with Crippen molar-refractivity contribution in [2.75, 3.05) is 31.1 Å². The standard InChI is InChI=1S/C25H22ClFN4O/c26-21-16-20(25(32)23-19(21)4-3-11-29-23)24(22-5-1-2-10-28-22)31-14-12-30(13-15-31)18-8-6-17(27)7-9-18/h1-11,16,24,32H,12-15H2. The van der Waals surface area contributed by atoms with Gasteiger partial charge in [-0.15, -0.1) is 0 Å². The molecule has 1 unspecified atom stereocenters. The van der Waals surface area contributed by atoms with E-state index in [-0.39, 0.29) is 17.6 Å². The largest absolute Gasteiger partial charge is 0.505 e. The predicted octanol–water partition coefficient (Wildman–Crippen LogP) is 5.04. The Balaban J connectivity index is 1.50. The molecule has 1 saturated heterocycles. The van der Waals surface area contributed by atoms with Gasteiger partial charge in [0.1, 0.15) is 17.1 Å². The van der Waals surface area contributed by atoms with Crippen molar-refractivity contribution < 1.29 is 9.50 Å². The van der Waals surface area contributed by atoms with E-state index in [9.17, 15) is 9.50 Å². The predicted molar refractivity (Wildman–Crippen MR) is 125 cm³/mol. The van der Waals surface area contributed by atoms with Crippen LogP contribution in [-0.4, -0.2) is 46.2 Å². The van der Waals surface area contributed by atoms with E-state index in [4.69, 9.17) is 11.6 Å². The lowest BCUT2D eigenvalue weighted by atomic mass is 9.97. The van der Waals surface area contributed by atoms with Crippen molar-refractivity contribution in [3.8, 4) is 5.75 Å². The van der Waals surface area contributed by atoms with E-state index in [1.165, 1.54) is 12.1 Å². The maximum atomic E-state index is 13.3. The van der Waals surface area contributed by atoms with Gasteiger partial charge in [-0.1, -0.05) is 17.7 Å². The van der Waals surface area contributed by atoms with Gasteiger partial charge < -0.3 is 10.0 Å². The molecule has 0 bridgehead atoms. The van der Waals surface area contributed by atoms with E-state index in [1.54, 1.807) is 18.5 Å². The van der Waals surface area contributed by atoms with Crippen molar-refractivity contribution in [1.82, 2.24) is 14.9 Å². The summed E-state index contributed by atoms with van der Waals surface area (Å²) in [6, 6.07) is 17.6. The third kappa shape index (κ3) is 3.87. The van der Waals surface area contributed by atoms with Crippen LogP contribution in [-0.2, 0) is 0 Å². The Kier molecular flexibility index (Phi) is 5.64. The number of phenolic OH excluding ortho intramolecular Hbond substituents is 1. The number of anilines is 1. The van der Waals surface area contributed by atoms with Crippen molar-refractivity contribution in [2.45, 2.75) is 6.04 Å². The zero-order chi connectivity index (χ0) is 22.1. The van der Waals surface area contributed by atoms with Crippen molar-refractivity contribution in [2.24, 2.45) is 0 Å². The number of hydrogen-bond acceptors (Lipinski definition) is 5. The quantitative estimate of drug-likeness (QED) is 0.474. The highest BCUT2D eigenvalue weighted by Crippen LogP contribution is 2.40. The van der Waals surface area contributed by atoms with Crippen LogP contribution in [0.5, 0.6) is 5.75 Å². The Bertz CT molecular complexity index is 1230. The number of rotatable bonds is 4. The van der Waals surface area contributed by atoms with Crippen molar-refractivity contribution >= 4 is 28.2 Å².